The number of sulfonamides is 1. The molecule has 0 aliphatic carbocycles. The lowest BCUT2D eigenvalue weighted by Crippen LogP contribution is -2.26. The highest BCUT2D eigenvalue weighted by atomic mass is 32.2. The lowest BCUT2D eigenvalue weighted by Gasteiger charge is -2.08. The summed E-state index contributed by atoms with van der Waals surface area (Å²) < 4.78 is 26.4. The van der Waals surface area contributed by atoms with Crippen molar-refractivity contribution >= 4 is 33.2 Å². The van der Waals surface area contributed by atoms with E-state index in [1.165, 1.54) is 6.07 Å². The number of nitro benzene ring substituents is 1. The lowest BCUT2D eigenvalue weighted by atomic mass is 10.3. The molecule has 0 aliphatic rings. The van der Waals surface area contributed by atoms with Crippen LogP contribution in [0.4, 0.5) is 11.4 Å². The van der Waals surface area contributed by atoms with Crippen molar-refractivity contribution in [1.82, 2.24) is 4.72 Å². The summed E-state index contributed by atoms with van der Waals surface area (Å²) in [4.78, 5) is 9.83. The smallest absolute Gasteiger partial charge is 0.291 e. The van der Waals surface area contributed by atoms with Crippen molar-refractivity contribution in [2.45, 2.75) is 11.3 Å². The topological polar surface area (TPSA) is 127 Å². The van der Waals surface area contributed by atoms with E-state index >= 15 is 0 Å². The molecule has 0 heterocycles. The largest absolute Gasteiger partial charge is 0.324 e. The molecule has 112 valence electrons. The number of thioether (sulfide) groups is 1. The lowest BCUT2D eigenvalue weighted by molar-refractivity contribution is -0.387. The minimum atomic E-state index is -3.91. The van der Waals surface area contributed by atoms with Crippen LogP contribution in [0.15, 0.2) is 23.1 Å². The molecule has 1 aromatic carbocycles. The molecule has 0 saturated carbocycles. The molecule has 0 atom stereocenters. The van der Waals surface area contributed by atoms with Gasteiger partial charge in [-0.1, -0.05) is 0 Å². The highest BCUT2D eigenvalue weighted by Gasteiger charge is 2.25. The first-order valence-electron chi connectivity index (χ1n) is 5.66. The van der Waals surface area contributed by atoms with Gasteiger partial charge >= 0.3 is 0 Å². The highest BCUT2D eigenvalue weighted by Crippen LogP contribution is 2.26. The zero-order valence-corrected chi connectivity index (χ0v) is 12.5. The summed E-state index contributed by atoms with van der Waals surface area (Å²) in [5.74, 6) is 5.96. The Labute approximate surface area is 121 Å². The standard InChI is InChI=1S/C10H16N4O4S2/c1-19-6-2-5-12-20(17,18)10-4-3-8(13-11)7-9(10)14(15)16/h3-4,7,12-13H,2,5-6,11H2,1H3. The van der Waals surface area contributed by atoms with Crippen molar-refractivity contribution in [3.63, 3.8) is 0 Å². The summed E-state index contributed by atoms with van der Waals surface area (Å²) in [5.41, 5.74) is 1.98. The van der Waals surface area contributed by atoms with Crippen LogP contribution >= 0.6 is 11.8 Å². The molecule has 0 unspecified atom stereocenters. The number of hydrogen-bond acceptors (Lipinski definition) is 7. The molecule has 20 heavy (non-hydrogen) atoms. The molecule has 0 amide bonds. The molecule has 0 fully saturated rings. The van der Waals surface area contributed by atoms with Gasteiger partial charge in [0.2, 0.25) is 10.0 Å². The third-order valence-electron chi connectivity index (χ3n) is 2.43. The fraction of sp³-hybridized carbons (Fsp3) is 0.400. The van der Waals surface area contributed by atoms with E-state index in [2.05, 4.69) is 10.1 Å². The summed E-state index contributed by atoms with van der Waals surface area (Å²) in [6.07, 6.45) is 2.56. The summed E-state index contributed by atoms with van der Waals surface area (Å²) >= 11 is 1.60. The van der Waals surface area contributed by atoms with Gasteiger partial charge in [-0.25, -0.2) is 13.1 Å². The van der Waals surface area contributed by atoms with Gasteiger partial charge < -0.3 is 5.43 Å². The van der Waals surface area contributed by atoms with Gasteiger partial charge in [0.1, 0.15) is 0 Å². The predicted molar refractivity (Wildman–Crippen MR) is 79.1 cm³/mol. The maximum absolute atomic E-state index is 12.0. The van der Waals surface area contributed by atoms with Crippen LogP contribution in [0.3, 0.4) is 0 Å². The number of nitrogens with one attached hydrogen (secondary N) is 2. The van der Waals surface area contributed by atoms with Crippen molar-refractivity contribution in [1.29, 1.82) is 0 Å². The van der Waals surface area contributed by atoms with Gasteiger partial charge in [-0.15, -0.1) is 0 Å². The van der Waals surface area contributed by atoms with Gasteiger partial charge in [0, 0.05) is 12.6 Å². The SMILES string of the molecule is CSCCCNS(=O)(=O)c1ccc(NN)cc1[N+](=O)[O-]. The second-order valence-electron chi connectivity index (χ2n) is 3.83. The summed E-state index contributed by atoms with van der Waals surface area (Å²) in [5, 5.41) is 11.0. The predicted octanol–water partition coefficient (Wildman–Crippen LogP) is 0.912. The molecule has 0 bridgehead atoms. The van der Waals surface area contributed by atoms with Gasteiger partial charge in [0.15, 0.2) is 4.90 Å². The van der Waals surface area contributed by atoms with E-state index in [1.54, 1.807) is 11.8 Å². The molecular weight excluding hydrogens is 304 g/mol. The normalized spacial score (nSPS) is 11.3. The molecular formula is C10H16N4O4S2. The zero-order chi connectivity index (χ0) is 15.2. The van der Waals surface area contributed by atoms with Crippen LogP contribution in [-0.2, 0) is 10.0 Å². The van der Waals surface area contributed by atoms with Crippen molar-refractivity contribution in [3.8, 4) is 0 Å². The number of nitrogen functional groups attached to an aromatic ring is 1. The number of anilines is 1. The molecule has 0 aromatic heterocycles. The Morgan fingerprint density at radius 3 is 2.70 bits per heavy atom. The van der Waals surface area contributed by atoms with Crippen molar-refractivity contribution < 1.29 is 13.3 Å². The van der Waals surface area contributed by atoms with Crippen LogP contribution in [0, 0.1) is 10.1 Å². The first-order valence-corrected chi connectivity index (χ1v) is 8.53. The Kier molecular flexibility index (Phi) is 6.20. The molecule has 0 spiro atoms. The Morgan fingerprint density at radius 1 is 1.45 bits per heavy atom. The fourth-order valence-electron chi connectivity index (χ4n) is 1.48. The second kappa shape index (κ2) is 7.43. The summed E-state index contributed by atoms with van der Waals surface area (Å²) in [6.45, 7) is 0.233. The monoisotopic (exact) mass is 320 g/mol. The van der Waals surface area contributed by atoms with Gasteiger partial charge in [-0.2, -0.15) is 11.8 Å². The van der Waals surface area contributed by atoms with E-state index < -0.39 is 20.6 Å². The number of rotatable bonds is 8. The number of hydrogen-bond donors (Lipinski definition) is 3. The molecule has 4 N–H and O–H groups in total. The average Bonchev–Trinajstić information content (AvgIpc) is 2.42. The molecule has 8 nitrogen and oxygen atoms in total. The molecule has 1 aromatic rings. The Morgan fingerprint density at radius 2 is 2.15 bits per heavy atom. The maximum atomic E-state index is 12.0. The third-order valence-corrected chi connectivity index (χ3v) is 4.63. The van der Waals surface area contributed by atoms with Crippen LogP contribution in [0.1, 0.15) is 6.42 Å². The zero-order valence-electron chi connectivity index (χ0n) is 10.8. The van der Waals surface area contributed by atoms with E-state index in [9.17, 15) is 18.5 Å². The fourth-order valence-corrected chi connectivity index (χ4v) is 3.14. The first kappa shape index (κ1) is 16.7. The van der Waals surface area contributed by atoms with Gasteiger partial charge in [-0.3, -0.25) is 16.0 Å². The van der Waals surface area contributed by atoms with Crippen LogP contribution in [-0.4, -0.2) is 31.9 Å². The number of nitrogens with zero attached hydrogens (tertiary/aromatic N) is 1. The van der Waals surface area contributed by atoms with Crippen LogP contribution in [0.25, 0.3) is 0 Å². The van der Waals surface area contributed by atoms with E-state index in [1.807, 2.05) is 6.26 Å². The maximum Gasteiger partial charge on any atom is 0.291 e. The molecule has 10 heteroatoms. The minimum Gasteiger partial charge on any atom is -0.324 e. The van der Waals surface area contributed by atoms with E-state index in [-0.39, 0.29) is 17.1 Å². The number of benzene rings is 1. The summed E-state index contributed by atoms with van der Waals surface area (Å²) in [7, 11) is -3.91. The number of nitro groups is 1. The molecule has 0 saturated heterocycles. The van der Waals surface area contributed by atoms with Crippen LogP contribution < -0.4 is 16.0 Å². The van der Waals surface area contributed by atoms with Crippen molar-refractivity contribution in [2.75, 3.05) is 24.0 Å². The average molecular weight is 320 g/mol. The quantitative estimate of drug-likeness (QED) is 0.281. The van der Waals surface area contributed by atoms with Crippen molar-refractivity contribution in [2.24, 2.45) is 5.84 Å². The van der Waals surface area contributed by atoms with E-state index in [0.717, 1.165) is 17.9 Å². The van der Waals surface area contributed by atoms with Crippen LogP contribution in [0.5, 0.6) is 0 Å². The highest BCUT2D eigenvalue weighted by molar-refractivity contribution is 7.98. The van der Waals surface area contributed by atoms with E-state index in [0.29, 0.717) is 6.42 Å². The first-order chi connectivity index (χ1) is 9.42. The molecule has 0 aliphatic heterocycles. The van der Waals surface area contributed by atoms with Crippen LogP contribution in [0.2, 0.25) is 0 Å². The minimum absolute atomic E-state index is 0.233. The Hall–Kier alpha value is -1.36. The third kappa shape index (κ3) is 4.34. The number of hydrazine groups is 1. The summed E-state index contributed by atoms with van der Waals surface area (Å²) in [6, 6.07) is 3.60. The Bertz CT molecular complexity index is 577. The van der Waals surface area contributed by atoms with Crippen molar-refractivity contribution in [3.05, 3.63) is 28.3 Å². The molecule has 1 rings (SSSR count). The second-order valence-corrected chi connectivity index (χ2v) is 6.55. The molecule has 0 radical (unpaired) electrons. The number of nitrogens with two attached hydrogens (primary N) is 1. The van der Waals surface area contributed by atoms with Gasteiger partial charge in [0.05, 0.1) is 10.6 Å². The van der Waals surface area contributed by atoms with E-state index in [4.69, 9.17) is 5.84 Å². The Balaban J connectivity index is 3.02. The van der Waals surface area contributed by atoms with Gasteiger partial charge in [0.25, 0.3) is 5.69 Å². The van der Waals surface area contributed by atoms with Gasteiger partial charge in [-0.05, 0) is 30.6 Å².